The van der Waals surface area contributed by atoms with Crippen LogP contribution in [0.2, 0.25) is 0 Å². The van der Waals surface area contributed by atoms with E-state index in [9.17, 15) is 0 Å². The summed E-state index contributed by atoms with van der Waals surface area (Å²) >= 11 is 0. The predicted molar refractivity (Wildman–Crippen MR) is 64.3 cm³/mol. The standard InChI is InChI=1S/7Cs.K.Rb.9H. The molecule has 0 spiro atoms. The maximum absolute atomic E-state index is 0. The van der Waals surface area contributed by atoms with Gasteiger partial charge in [0.2, 0.25) is 0 Å². The molecule has 0 saturated heterocycles. The Morgan fingerprint density at radius 3 is 0.333 bits per heavy atom. The van der Waals surface area contributed by atoms with Gasteiger partial charge in [0.25, 0.3) is 0 Å². The van der Waals surface area contributed by atoms with Crippen LogP contribution < -0.4 is 0 Å². The second-order valence-electron chi connectivity index (χ2n) is 0. The Kier molecular flexibility index (Phi) is 313. The summed E-state index contributed by atoms with van der Waals surface area (Å²) in [6.07, 6.45) is 0. The first kappa shape index (κ1) is 56.3. The zero-order valence-corrected chi connectivity index (χ0v) is 0. The fourth-order valence-electron chi connectivity index (χ4n) is 0. The van der Waals surface area contributed by atoms with Gasteiger partial charge in [-0.05, 0) is 0 Å². The summed E-state index contributed by atoms with van der Waals surface area (Å²) in [7, 11) is 0. The molecule has 0 rings (SSSR count). The molecule has 0 aromatic heterocycles. The van der Waals surface area contributed by atoms with Crippen molar-refractivity contribution in [2.24, 2.45) is 0 Å². The van der Waals surface area contributed by atoms with Crippen molar-refractivity contribution < 1.29 is 0 Å². The first-order valence-corrected chi connectivity index (χ1v) is 0. The summed E-state index contributed by atoms with van der Waals surface area (Å²) in [5.74, 6) is 0. The van der Waals surface area contributed by atoms with Crippen molar-refractivity contribution in [3.63, 3.8) is 0 Å². The van der Waals surface area contributed by atoms with Crippen LogP contribution in [0.15, 0.2) is 0 Å². The van der Waals surface area contributed by atoms with Gasteiger partial charge in [-0.1, -0.05) is 0 Å². The molecule has 18 valence electrons. The zero-order chi connectivity index (χ0) is 0. The van der Waals surface area contributed by atoms with Crippen molar-refractivity contribution in [3.8, 4) is 0 Å². The van der Waals surface area contributed by atoms with Gasteiger partial charge < -0.3 is 0 Å². The fraction of sp³-hybridized carbons (Fsp3) is 0. The van der Waals surface area contributed by atoms with Gasteiger partial charge in [-0.15, -0.1) is 0 Å². The quantitative estimate of drug-likeness (QED) is 0.213. The van der Waals surface area contributed by atoms with E-state index in [0.29, 0.717) is 0 Å². The molecule has 0 aliphatic rings. The van der Waals surface area contributed by atoms with Crippen LogP contribution in [0.25, 0.3) is 0 Å². The average Bonchev–Trinajstić information content (AvgIpc) is 0. The summed E-state index contributed by atoms with van der Waals surface area (Å²) in [4.78, 5) is 0. The summed E-state index contributed by atoms with van der Waals surface area (Å²) in [6, 6.07) is 0. The Morgan fingerprint density at radius 2 is 0.333 bits per heavy atom. The molecule has 0 saturated carbocycles. The van der Waals surface area contributed by atoms with Gasteiger partial charge in [0, 0.05) is 0 Å². The summed E-state index contributed by atoms with van der Waals surface area (Å²) < 4.78 is 0. The first-order chi connectivity index (χ1) is 0. The van der Waals surface area contributed by atoms with E-state index in [1.165, 1.54) is 0 Å². The van der Waals surface area contributed by atoms with Gasteiger partial charge in [-0.25, -0.2) is 0 Å². The Balaban J connectivity index is 0. The van der Waals surface area contributed by atoms with Crippen molar-refractivity contribution >= 4 is 592 Å². The van der Waals surface area contributed by atoms with Gasteiger partial charge >= 0.3 is 592 Å². The minimum absolute atomic E-state index is 0. The van der Waals surface area contributed by atoms with Gasteiger partial charge in [0.15, 0.2) is 0 Å². The molecule has 0 radical (unpaired) electrons. The summed E-state index contributed by atoms with van der Waals surface area (Å²) in [6.45, 7) is 0. The molecule has 0 bridgehead atoms. The Labute approximate surface area is 563 Å². The van der Waals surface area contributed by atoms with E-state index in [2.05, 4.69) is 0 Å². The van der Waals surface area contributed by atoms with Crippen LogP contribution in [0.1, 0.15) is 0 Å². The molecular weight excluding hydrogens is 1050 g/mol. The molecule has 0 amide bonds. The van der Waals surface area contributed by atoms with Crippen LogP contribution in [0.4, 0.5) is 0 Å². The molecule has 0 nitrogen and oxygen atoms in total. The molecule has 9 heteroatoms. The second-order valence-corrected chi connectivity index (χ2v) is 0. The number of rotatable bonds is 0. The van der Waals surface area contributed by atoms with E-state index in [0.717, 1.165) is 0 Å². The minimum atomic E-state index is 0. The zero-order valence-electron chi connectivity index (χ0n) is 0. The first-order valence-electron chi connectivity index (χ1n) is 0. The number of hydrogen-bond donors (Lipinski definition) is 0. The van der Waals surface area contributed by atoms with Crippen LogP contribution >= 0.6 is 0 Å². The van der Waals surface area contributed by atoms with Crippen LogP contribution in [0, 0.1) is 0 Å². The van der Waals surface area contributed by atoms with Crippen molar-refractivity contribution in [1.29, 1.82) is 0 Å². The average molecular weight is 1060 g/mol. The van der Waals surface area contributed by atoms with E-state index >= 15 is 0 Å². The van der Waals surface area contributed by atoms with Crippen molar-refractivity contribution in [2.75, 3.05) is 0 Å². The van der Waals surface area contributed by atoms with Crippen LogP contribution in [0.3, 0.4) is 0 Å². The van der Waals surface area contributed by atoms with E-state index in [4.69, 9.17) is 0 Å². The van der Waals surface area contributed by atoms with E-state index < -0.39 is 0 Å². The molecule has 0 unspecified atom stereocenters. The molecule has 0 fully saturated rings. The third kappa shape index (κ3) is 46.1. The molecule has 0 atom stereocenters. The van der Waals surface area contributed by atoms with Gasteiger partial charge in [-0.3, -0.25) is 0 Å². The second kappa shape index (κ2) is 50.1. The monoisotopic (exact) mass is 1060 g/mol. The van der Waals surface area contributed by atoms with Gasteiger partial charge in [-0.2, -0.15) is 0 Å². The van der Waals surface area contributed by atoms with Crippen LogP contribution in [-0.4, -0.2) is 592 Å². The third-order valence-electron chi connectivity index (χ3n) is 0. The SMILES string of the molecule is [CsH].[CsH].[CsH].[CsH].[CsH].[CsH].[CsH].[KH].[RbH]. The topological polar surface area (TPSA) is 0 Å². The van der Waals surface area contributed by atoms with Crippen molar-refractivity contribution in [2.45, 2.75) is 0 Å². The molecule has 9 heavy (non-hydrogen) atoms. The van der Waals surface area contributed by atoms with Gasteiger partial charge in [0.1, 0.15) is 0 Å². The molecule has 0 heterocycles. The molecule has 0 aliphatic carbocycles. The normalized spacial score (nSPS) is 0. The van der Waals surface area contributed by atoms with Gasteiger partial charge in [0.05, 0.1) is 0 Å². The molecule has 0 N–H and O–H groups in total. The van der Waals surface area contributed by atoms with Crippen LogP contribution in [0.5, 0.6) is 0 Å². The summed E-state index contributed by atoms with van der Waals surface area (Å²) in [5.41, 5.74) is 0. The molecule has 0 aliphatic heterocycles. The van der Waals surface area contributed by atoms with E-state index in [1.807, 2.05) is 0 Å². The third-order valence-corrected chi connectivity index (χ3v) is 0. The number of hydrogen-bond acceptors (Lipinski definition) is 0. The fourth-order valence-corrected chi connectivity index (χ4v) is 0. The van der Waals surface area contributed by atoms with Crippen LogP contribution in [-0.2, 0) is 0 Å². The van der Waals surface area contributed by atoms with Crippen molar-refractivity contribution in [1.82, 2.24) is 0 Å². The maximum atomic E-state index is 0. The van der Waals surface area contributed by atoms with E-state index in [-0.39, 0.29) is 592 Å². The Hall–Kier alpha value is 17.8. The summed E-state index contributed by atoms with van der Waals surface area (Å²) in [5, 5.41) is 0. The Morgan fingerprint density at radius 1 is 0.333 bits per heavy atom. The van der Waals surface area contributed by atoms with E-state index in [1.54, 1.807) is 0 Å². The van der Waals surface area contributed by atoms with Crippen molar-refractivity contribution in [3.05, 3.63) is 0 Å². The predicted octanol–water partition coefficient (Wildman–Crippen LogP) is -5.84. The molecular formula is H9Cs7KRb. The Bertz CT molecular complexity index is 8.88. The molecule has 0 aromatic carbocycles. The molecule has 0 aromatic rings.